The van der Waals surface area contributed by atoms with Crippen LogP contribution in [0.2, 0.25) is 5.02 Å². The molecular weight excluding hydrogens is 376 g/mol. The van der Waals surface area contributed by atoms with E-state index in [0.717, 1.165) is 41.1 Å². The van der Waals surface area contributed by atoms with Gasteiger partial charge in [0, 0.05) is 27.9 Å². The van der Waals surface area contributed by atoms with Crippen molar-refractivity contribution in [2.75, 3.05) is 16.8 Å². The standard InChI is InChI=1S/C21H21ClN4O2/c1-12-21(27)25-24-20-11-28-19-9-15(14-7-2-3-8-16(14)22)17(10-18(19)26(12)20)23-13-5-4-6-13/h2-3,7-10,12-13,23H,4-6,11H2,1H3,(H,25,27)/t12-/m1/s1. The van der Waals surface area contributed by atoms with Crippen LogP contribution in [0.5, 0.6) is 5.75 Å². The molecule has 1 aliphatic carbocycles. The molecule has 2 heterocycles. The lowest BCUT2D eigenvalue weighted by Crippen LogP contribution is -2.55. The number of amidine groups is 1. The Morgan fingerprint density at radius 3 is 2.82 bits per heavy atom. The van der Waals surface area contributed by atoms with Crippen LogP contribution in [-0.4, -0.2) is 30.4 Å². The smallest absolute Gasteiger partial charge is 0.262 e. The molecule has 5 rings (SSSR count). The summed E-state index contributed by atoms with van der Waals surface area (Å²) < 4.78 is 5.98. The molecule has 1 fully saturated rings. The van der Waals surface area contributed by atoms with Gasteiger partial charge in [-0.2, -0.15) is 5.10 Å². The minimum absolute atomic E-state index is 0.125. The van der Waals surface area contributed by atoms with E-state index in [9.17, 15) is 4.79 Å². The van der Waals surface area contributed by atoms with Crippen molar-refractivity contribution in [2.24, 2.45) is 5.10 Å². The molecule has 0 saturated heterocycles. The second-order valence-corrected chi connectivity index (χ2v) is 7.86. The summed E-state index contributed by atoms with van der Waals surface area (Å²) in [5, 5.41) is 8.53. The lowest BCUT2D eigenvalue weighted by Gasteiger charge is -2.39. The van der Waals surface area contributed by atoms with Crippen LogP contribution in [0.3, 0.4) is 0 Å². The molecule has 2 aromatic carbocycles. The van der Waals surface area contributed by atoms with Crippen LogP contribution in [0.4, 0.5) is 11.4 Å². The van der Waals surface area contributed by atoms with E-state index in [-0.39, 0.29) is 11.9 Å². The Labute approximate surface area is 168 Å². The zero-order chi connectivity index (χ0) is 19.3. The summed E-state index contributed by atoms with van der Waals surface area (Å²) in [5.74, 6) is 1.31. The fraction of sp³-hybridized carbons (Fsp3) is 0.333. The molecule has 1 atom stereocenters. The van der Waals surface area contributed by atoms with Gasteiger partial charge in [0.25, 0.3) is 5.91 Å². The normalized spacial score (nSPS) is 20.9. The predicted molar refractivity (Wildman–Crippen MR) is 111 cm³/mol. The Balaban J connectivity index is 1.65. The average molecular weight is 397 g/mol. The fourth-order valence-corrected chi connectivity index (χ4v) is 4.10. The Hall–Kier alpha value is -2.73. The van der Waals surface area contributed by atoms with Crippen molar-refractivity contribution in [1.29, 1.82) is 0 Å². The number of carbonyl (C=O) groups excluding carboxylic acids is 1. The monoisotopic (exact) mass is 396 g/mol. The average Bonchev–Trinajstić information content (AvgIpc) is 2.67. The number of rotatable bonds is 3. The second-order valence-electron chi connectivity index (χ2n) is 7.46. The number of hydrogen-bond donors (Lipinski definition) is 2. The molecule has 0 bridgehead atoms. The fourth-order valence-electron chi connectivity index (χ4n) is 3.87. The number of carbonyl (C=O) groups is 1. The van der Waals surface area contributed by atoms with Crippen LogP contribution >= 0.6 is 11.6 Å². The summed E-state index contributed by atoms with van der Waals surface area (Å²) in [6, 6.07) is 12.0. The van der Waals surface area contributed by atoms with Crippen molar-refractivity contribution < 1.29 is 9.53 Å². The van der Waals surface area contributed by atoms with E-state index < -0.39 is 0 Å². The molecule has 7 heteroatoms. The molecule has 28 heavy (non-hydrogen) atoms. The molecule has 0 aromatic heterocycles. The number of anilines is 2. The number of nitrogens with one attached hydrogen (secondary N) is 2. The SMILES string of the molecule is C[C@@H]1C(=O)NN=C2COc3cc(-c4ccccc4Cl)c(NC4CCC4)cc3N21. The number of halogens is 1. The van der Waals surface area contributed by atoms with Gasteiger partial charge in [0.15, 0.2) is 5.84 Å². The third-order valence-corrected chi connectivity index (χ3v) is 6.01. The first kappa shape index (κ1) is 17.4. The van der Waals surface area contributed by atoms with E-state index >= 15 is 0 Å². The van der Waals surface area contributed by atoms with Gasteiger partial charge in [-0.15, -0.1) is 0 Å². The lowest BCUT2D eigenvalue weighted by molar-refractivity contribution is -0.122. The molecule has 2 aromatic rings. The molecule has 2 N–H and O–H groups in total. The highest BCUT2D eigenvalue weighted by Crippen LogP contribution is 2.44. The van der Waals surface area contributed by atoms with E-state index in [0.29, 0.717) is 23.5 Å². The largest absolute Gasteiger partial charge is 0.483 e. The van der Waals surface area contributed by atoms with Crippen molar-refractivity contribution in [2.45, 2.75) is 38.3 Å². The van der Waals surface area contributed by atoms with Crippen LogP contribution in [0.15, 0.2) is 41.5 Å². The van der Waals surface area contributed by atoms with Gasteiger partial charge < -0.3 is 15.0 Å². The van der Waals surface area contributed by atoms with Gasteiger partial charge >= 0.3 is 0 Å². The first-order valence-electron chi connectivity index (χ1n) is 9.60. The third kappa shape index (κ3) is 2.79. The first-order chi connectivity index (χ1) is 13.6. The van der Waals surface area contributed by atoms with Gasteiger partial charge in [-0.3, -0.25) is 4.79 Å². The van der Waals surface area contributed by atoms with E-state index in [1.807, 2.05) is 42.2 Å². The molecule has 6 nitrogen and oxygen atoms in total. The molecular formula is C21H21ClN4O2. The minimum atomic E-state index is -0.349. The lowest BCUT2D eigenvalue weighted by atomic mass is 9.92. The second kappa shape index (κ2) is 6.71. The maximum Gasteiger partial charge on any atom is 0.262 e. The van der Waals surface area contributed by atoms with Gasteiger partial charge in [0.05, 0.1) is 5.69 Å². The number of fused-ring (bicyclic) bond motifs is 3. The first-order valence-corrected chi connectivity index (χ1v) is 9.97. The summed E-state index contributed by atoms with van der Waals surface area (Å²) in [7, 11) is 0. The van der Waals surface area contributed by atoms with E-state index in [1.54, 1.807) is 0 Å². The zero-order valence-corrected chi connectivity index (χ0v) is 16.3. The number of nitrogens with zero attached hydrogens (tertiary/aromatic N) is 2. The van der Waals surface area contributed by atoms with Crippen molar-refractivity contribution in [3.63, 3.8) is 0 Å². The van der Waals surface area contributed by atoms with Crippen molar-refractivity contribution in [3.8, 4) is 16.9 Å². The van der Waals surface area contributed by atoms with Gasteiger partial charge in [-0.1, -0.05) is 29.8 Å². The number of ether oxygens (including phenoxy) is 1. The Morgan fingerprint density at radius 1 is 1.25 bits per heavy atom. The number of hydrazone groups is 1. The van der Waals surface area contributed by atoms with Gasteiger partial charge in [0.2, 0.25) is 0 Å². The molecule has 0 spiro atoms. The Bertz CT molecular complexity index is 986. The van der Waals surface area contributed by atoms with Crippen molar-refractivity contribution in [1.82, 2.24) is 5.43 Å². The molecule has 144 valence electrons. The highest BCUT2D eigenvalue weighted by atomic mass is 35.5. The van der Waals surface area contributed by atoms with E-state index in [1.165, 1.54) is 6.42 Å². The Morgan fingerprint density at radius 2 is 2.07 bits per heavy atom. The van der Waals surface area contributed by atoms with Crippen LogP contribution in [-0.2, 0) is 4.79 Å². The summed E-state index contributed by atoms with van der Waals surface area (Å²) in [4.78, 5) is 14.1. The van der Waals surface area contributed by atoms with Crippen LogP contribution in [0.25, 0.3) is 11.1 Å². The Kier molecular flexibility index (Phi) is 4.16. The summed E-state index contributed by atoms with van der Waals surface area (Å²) >= 11 is 6.50. The molecule has 0 unspecified atom stereocenters. The molecule has 1 saturated carbocycles. The maximum absolute atomic E-state index is 12.2. The quantitative estimate of drug-likeness (QED) is 0.822. The maximum atomic E-state index is 12.2. The topological polar surface area (TPSA) is 66.0 Å². The third-order valence-electron chi connectivity index (χ3n) is 5.68. The van der Waals surface area contributed by atoms with Crippen LogP contribution in [0.1, 0.15) is 26.2 Å². The van der Waals surface area contributed by atoms with Crippen LogP contribution < -0.4 is 20.4 Å². The van der Waals surface area contributed by atoms with Gasteiger partial charge in [-0.05, 0) is 44.4 Å². The van der Waals surface area contributed by atoms with Crippen molar-refractivity contribution >= 4 is 34.7 Å². The minimum Gasteiger partial charge on any atom is -0.483 e. The van der Waals surface area contributed by atoms with Gasteiger partial charge in [0.1, 0.15) is 18.4 Å². The summed E-state index contributed by atoms with van der Waals surface area (Å²) in [6.45, 7) is 2.19. The van der Waals surface area contributed by atoms with E-state index in [4.69, 9.17) is 16.3 Å². The highest BCUT2D eigenvalue weighted by Gasteiger charge is 2.36. The van der Waals surface area contributed by atoms with E-state index in [2.05, 4.69) is 21.9 Å². The summed E-state index contributed by atoms with van der Waals surface area (Å²) in [6.07, 6.45) is 3.56. The predicted octanol–water partition coefficient (Wildman–Crippen LogP) is 4.00. The van der Waals surface area contributed by atoms with Crippen LogP contribution in [0, 0.1) is 0 Å². The molecule has 1 amide bonds. The number of benzene rings is 2. The van der Waals surface area contributed by atoms with Crippen molar-refractivity contribution in [3.05, 3.63) is 41.4 Å². The molecule has 2 aliphatic heterocycles. The molecule has 3 aliphatic rings. The number of amides is 1. The zero-order valence-electron chi connectivity index (χ0n) is 15.5. The van der Waals surface area contributed by atoms with Gasteiger partial charge in [-0.25, -0.2) is 5.43 Å². The molecule has 0 radical (unpaired) electrons. The number of hydrogen-bond acceptors (Lipinski definition) is 5. The summed E-state index contributed by atoms with van der Waals surface area (Å²) in [5.41, 5.74) is 6.38. The highest BCUT2D eigenvalue weighted by molar-refractivity contribution is 6.33.